The normalized spacial score (nSPS) is 12.3. The molecule has 8 aromatic carbocycles. The van der Waals surface area contributed by atoms with Gasteiger partial charge in [0.1, 0.15) is 0 Å². The zero-order valence-electron chi connectivity index (χ0n) is 31.0. The molecule has 0 fully saturated rings. The lowest BCUT2D eigenvalue weighted by molar-refractivity contribution is 0.768. The van der Waals surface area contributed by atoms with Crippen LogP contribution in [-0.2, 0) is 5.41 Å². The molecule has 9 aromatic rings. The van der Waals surface area contributed by atoms with Crippen molar-refractivity contribution in [3.8, 4) is 73.4 Å². The summed E-state index contributed by atoms with van der Waals surface area (Å²) in [7, 11) is 0. The summed E-state index contributed by atoms with van der Waals surface area (Å²) in [5.74, 6) is 0.703. The van der Waals surface area contributed by atoms with Gasteiger partial charge in [0.15, 0.2) is 5.82 Å². The van der Waals surface area contributed by atoms with Gasteiger partial charge in [-0.2, -0.15) is 5.26 Å². The predicted octanol–water partition coefficient (Wildman–Crippen LogP) is 13.0. The molecule has 1 aliphatic carbocycles. The monoisotopic (exact) mass is 725 g/mol. The molecule has 0 saturated heterocycles. The van der Waals surface area contributed by atoms with Crippen LogP contribution in [0.3, 0.4) is 0 Å². The SMILES string of the molecule is N#Cc1ccc(-c2ccc3c(c2)-c2cc(-c4ccc(-c5cc(-c6ccccc6)nc(-c6ccccc6)n5)cc4)ccc2C3(c2ccccc2)c2ccccc2)cc1. The summed E-state index contributed by atoms with van der Waals surface area (Å²) in [6, 6.07) is 77.0. The van der Waals surface area contributed by atoms with Gasteiger partial charge in [0.25, 0.3) is 0 Å². The molecule has 0 aliphatic heterocycles. The maximum Gasteiger partial charge on any atom is 0.160 e. The molecule has 1 aliphatic rings. The van der Waals surface area contributed by atoms with Crippen LogP contribution in [0.5, 0.6) is 0 Å². The number of fused-ring (bicyclic) bond motifs is 3. The molecule has 0 spiro atoms. The lowest BCUT2D eigenvalue weighted by Crippen LogP contribution is -2.28. The van der Waals surface area contributed by atoms with E-state index in [-0.39, 0.29) is 0 Å². The third-order valence-corrected chi connectivity index (χ3v) is 11.2. The van der Waals surface area contributed by atoms with Crippen molar-refractivity contribution in [2.24, 2.45) is 0 Å². The highest BCUT2D eigenvalue weighted by Gasteiger charge is 2.46. The number of nitriles is 1. The largest absolute Gasteiger partial charge is 0.228 e. The standard InChI is InChI=1S/C54H35N3/c55-36-37-21-23-38(24-22-37)43-29-31-49-47(33-43)48-34-44(30-32-50(48)54(49,45-17-9-3-10-18-45)46-19-11-4-12-20-46)39-25-27-41(28-26-39)52-35-51(40-13-5-1-6-14-40)56-53(57-52)42-15-7-2-8-16-42/h1-35H. The molecule has 1 heterocycles. The van der Waals surface area contributed by atoms with Gasteiger partial charge < -0.3 is 0 Å². The van der Waals surface area contributed by atoms with Crippen LogP contribution in [0.2, 0.25) is 0 Å². The Balaban J connectivity index is 1.11. The van der Waals surface area contributed by atoms with Crippen LogP contribution < -0.4 is 0 Å². The van der Waals surface area contributed by atoms with E-state index in [4.69, 9.17) is 9.97 Å². The number of rotatable bonds is 7. The summed E-state index contributed by atoms with van der Waals surface area (Å²) in [5, 5.41) is 9.45. The van der Waals surface area contributed by atoms with Crippen LogP contribution in [0.15, 0.2) is 212 Å². The first-order valence-corrected chi connectivity index (χ1v) is 19.2. The summed E-state index contributed by atoms with van der Waals surface area (Å²) in [6.45, 7) is 0. The molecular weight excluding hydrogens is 691 g/mol. The van der Waals surface area contributed by atoms with Crippen molar-refractivity contribution in [3.63, 3.8) is 0 Å². The summed E-state index contributed by atoms with van der Waals surface area (Å²) in [6.07, 6.45) is 0. The maximum absolute atomic E-state index is 9.45. The first-order valence-electron chi connectivity index (χ1n) is 19.2. The third kappa shape index (κ3) is 5.92. The molecule has 0 N–H and O–H groups in total. The van der Waals surface area contributed by atoms with Crippen molar-refractivity contribution in [2.75, 3.05) is 0 Å². The van der Waals surface area contributed by atoms with E-state index in [1.165, 1.54) is 33.4 Å². The predicted molar refractivity (Wildman–Crippen MR) is 231 cm³/mol. The highest BCUT2D eigenvalue weighted by atomic mass is 14.9. The van der Waals surface area contributed by atoms with Crippen LogP contribution in [0.25, 0.3) is 67.3 Å². The van der Waals surface area contributed by atoms with E-state index in [1.54, 1.807) is 0 Å². The Hall–Kier alpha value is -7.67. The van der Waals surface area contributed by atoms with Gasteiger partial charge in [-0.25, -0.2) is 9.97 Å². The molecule has 1 aromatic heterocycles. The van der Waals surface area contributed by atoms with Crippen molar-refractivity contribution in [2.45, 2.75) is 5.41 Å². The number of hydrogen-bond donors (Lipinski definition) is 0. The zero-order chi connectivity index (χ0) is 38.2. The average Bonchev–Trinajstić information content (AvgIpc) is 3.60. The number of benzene rings is 8. The first-order chi connectivity index (χ1) is 28.2. The van der Waals surface area contributed by atoms with Gasteiger partial charge >= 0.3 is 0 Å². The van der Waals surface area contributed by atoms with Gasteiger partial charge in [-0.3, -0.25) is 0 Å². The quantitative estimate of drug-likeness (QED) is 0.164. The lowest BCUT2D eigenvalue weighted by atomic mass is 9.67. The lowest BCUT2D eigenvalue weighted by Gasteiger charge is -2.34. The molecule has 10 rings (SSSR count). The van der Waals surface area contributed by atoms with Gasteiger partial charge in [-0.15, -0.1) is 0 Å². The molecule has 0 atom stereocenters. The summed E-state index contributed by atoms with van der Waals surface area (Å²) in [5.41, 5.74) is 16.9. The fraction of sp³-hybridized carbons (Fsp3) is 0.0185. The molecule has 0 saturated carbocycles. The maximum atomic E-state index is 9.45. The molecule has 3 nitrogen and oxygen atoms in total. The second kappa shape index (κ2) is 14.2. The Morgan fingerprint density at radius 2 is 0.737 bits per heavy atom. The summed E-state index contributed by atoms with van der Waals surface area (Å²) in [4.78, 5) is 10.0. The van der Waals surface area contributed by atoms with E-state index in [2.05, 4.69) is 158 Å². The fourth-order valence-corrected chi connectivity index (χ4v) is 8.50. The van der Waals surface area contributed by atoms with E-state index in [0.29, 0.717) is 11.4 Å². The van der Waals surface area contributed by atoms with Gasteiger partial charge in [0, 0.05) is 16.7 Å². The Bertz CT molecular complexity index is 2820. The van der Waals surface area contributed by atoms with Gasteiger partial charge in [-0.1, -0.05) is 182 Å². The Morgan fingerprint density at radius 1 is 0.351 bits per heavy atom. The highest BCUT2D eigenvalue weighted by molar-refractivity contribution is 5.91. The van der Waals surface area contributed by atoms with Crippen LogP contribution in [-0.4, -0.2) is 9.97 Å². The molecular formula is C54H35N3. The Morgan fingerprint density at radius 3 is 1.21 bits per heavy atom. The van der Waals surface area contributed by atoms with Crippen molar-refractivity contribution in [1.29, 1.82) is 5.26 Å². The van der Waals surface area contributed by atoms with E-state index in [9.17, 15) is 5.26 Å². The Kier molecular flexibility index (Phi) is 8.43. The zero-order valence-corrected chi connectivity index (χ0v) is 31.0. The van der Waals surface area contributed by atoms with E-state index >= 15 is 0 Å². The van der Waals surface area contributed by atoms with Crippen molar-refractivity contribution in [1.82, 2.24) is 9.97 Å². The molecule has 266 valence electrons. The second-order valence-corrected chi connectivity index (χ2v) is 14.5. The van der Waals surface area contributed by atoms with Crippen molar-refractivity contribution >= 4 is 0 Å². The summed E-state index contributed by atoms with van der Waals surface area (Å²) < 4.78 is 0. The number of nitrogens with zero attached hydrogens (tertiary/aromatic N) is 3. The molecule has 57 heavy (non-hydrogen) atoms. The fourth-order valence-electron chi connectivity index (χ4n) is 8.50. The van der Waals surface area contributed by atoms with E-state index < -0.39 is 5.41 Å². The Labute approximate surface area is 332 Å². The van der Waals surface area contributed by atoms with Crippen LogP contribution >= 0.6 is 0 Å². The topological polar surface area (TPSA) is 49.6 Å². The third-order valence-electron chi connectivity index (χ3n) is 11.2. The highest BCUT2D eigenvalue weighted by Crippen LogP contribution is 2.57. The van der Waals surface area contributed by atoms with E-state index in [0.717, 1.165) is 50.3 Å². The molecule has 0 amide bonds. The second-order valence-electron chi connectivity index (χ2n) is 14.5. The number of aromatic nitrogens is 2. The smallest absolute Gasteiger partial charge is 0.160 e. The molecule has 0 unspecified atom stereocenters. The molecule has 0 radical (unpaired) electrons. The van der Waals surface area contributed by atoms with E-state index in [1.807, 2.05) is 60.7 Å². The first kappa shape index (κ1) is 33.9. The minimum Gasteiger partial charge on any atom is -0.228 e. The average molecular weight is 726 g/mol. The molecule has 3 heteroatoms. The minimum absolute atomic E-state index is 0.501. The van der Waals surface area contributed by atoms with Crippen molar-refractivity contribution in [3.05, 3.63) is 240 Å². The van der Waals surface area contributed by atoms with Crippen LogP contribution in [0.4, 0.5) is 0 Å². The minimum atomic E-state index is -0.501. The number of hydrogen-bond acceptors (Lipinski definition) is 3. The van der Waals surface area contributed by atoms with Gasteiger partial charge in [0.05, 0.1) is 28.4 Å². The van der Waals surface area contributed by atoms with Gasteiger partial charge in [-0.05, 0) is 86.0 Å². The van der Waals surface area contributed by atoms with Gasteiger partial charge in [0.2, 0.25) is 0 Å². The molecule has 0 bridgehead atoms. The summed E-state index contributed by atoms with van der Waals surface area (Å²) >= 11 is 0. The van der Waals surface area contributed by atoms with Crippen LogP contribution in [0.1, 0.15) is 27.8 Å². The van der Waals surface area contributed by atoms with Crippen LogP contribution in [0, 0.1) is 11.3 Å². The van der Waals surface area contributed by atoms with Crippen molar-refractivity contribution < 1.29 is 0 Å².